The van der Waals surface area contributed by atoms with Crippen LogP contribution in [-0.2, 0) is 24.1 Å². The third-order valence-corrected chi connectivity index (χ3v) is 3.59. The quantitative estimate of drug-likeness (QED) is 0.849. The highest BCUT2D eigenvalue weighted by Gasteiger charge is 2.20. The summed E-state index contributed by atoms with van der Waals surface area (Å²) in [4.78, 5) is 16.7. The number of fused-ring (bicyclic) bond motifs is 1. The van der Waals surface area contributed by atoms with Gasteiger partial charge in [0.25, 0.3) is 5.91 Å². The van der Waals surface area contributed by atoms with Crippen molar-refractivity contribution in [3.05, 3.63) is 34.4 Å². The molecule has 0 aromatic heterocycles. The van der Waals surface area contributed by atoms with Crippen LogP contribution >= 0.6 is 0 Å². The highest BCUT2D eigenvalue weighted by Crippen LogP contribution is 2.28. The van der Waals surface area contributed by atoms with Crippen molar-refractivity contribution < 1.29 is 9.63 Å². The fourth-order valence-electron chi connectivity index (χ4n) is 2.81. The standard InChI is InChI=1S/C15H21NO2.C2H6/c1-3-6-11-9-10-14(15(17)16-18-2)13-8-5-4-7-12(11)13;1-2/h9-10H,3-8H2,1-2H3,(H,16,17);1-2H3. The molecular formula is C17H27NO2. The zero-order valence-electron chi connectivity index (χ0n) is 13.2. The van der Waals surface area contributed by atoms with Crippen LogP contribution in [0, 0.1) is 0 Å². The van der Waals surface area contributed by atoms with Gasteiger partial charge in [0.2, 0.25) is 0 Å². The van der Waals surface area contributed by atoms with Gasteiger partial charge in [0.15, 0.2) is 0 Å². The minimum absolute atomic E-state index is 0.126. The number of hydroxylamine groups is 1. The van der Waals surface area contributed by atoms with Gasteiger partial charge in [0, 0.05) is 5.56 Å². The highest BCUT2D eigenvalue weighted by molar-refractivity contribution is 5.95. The Balaban J connectivity index is 0.000000956. The predicted molar refractivity (Wildman–Crippen MR) is 82.9 cm³/mol. The third-order valence-electron chi connectivity index (χ3n) is 3.59. The molecule has 0 saturated carbocycles. The van der Waals surface area contributed by atoms with Gasteiger partial charge in [0.1, 0.15) is 0 Å². The molecule has 0 bridgehead atoms. The largest absolute Gasteiger partial charge is 0.277 e. The zero-order chi connectivity index (χ0) is 15.0. The van der Waals surface area contributed by atoms with E-state index in [1.54, 1.807) is 0 Å². The number of hydrogen-bond acceptors (Lipinski definition) is 2. The molecule has 0 aliphatic heterocycles. The topological polar surface area (TPSA) is 38.3 Å². The molecule has 1 N–H and O–H groups in total. The van der Waals surface area contributed by atoms with Gasteiger partial charge in [-0.3, -0.25) is 9.63 Å². The number of rotatable bonds is 4. The lowest BCUT2D eigenvalue weighted by atomic mass is 9.84. The van der Waals surface area contributed by atoms with Crippen LogP contribution in [0.2, 0.25) is 0 Å². The van der Waals surface area contributed by atoms with E-state index in [9.17, 15) is 4.79 Å². The van der Waals surface area contributed by atoms with Gasteiger partial charge in [-0.1, -0.05) is 33.3 Å². The normalized spacial score (nSPS) is 13.0. The van der Waals surface area contributed by atoms with Gasteiger partial charge >= 0.3 is 0 Å². The van der Waals surface area contributed by atoms with E-state index in [1.807, 2.05) is 19.9 Å². The van der Waals surface area contributed by atoms with Gasteiger partial charge in [-0.25, -0.2) is 5.48 Å². The lowest BCUT2D eigenvalue weighted by Gasteiger charge is -2.22. The van der Waals surface area contributed by atoms with Crippen LogP contribution in [0.5, 0.6) is 0 Å². The molecule has 20 heavy (non-hydrogen) atoms. The molecular weight excluding hydrogens is 250 g/mol. The lowest BCUT2D eigenvalue weighted by Crippen LogP contribution is -2.24. The van der Waals surface area contributed by atoms with Crippen molar-refractivity contribution in [2.45, 2.75) is 59.3 Å². The summed E-state index contributed by atoms with van der Waals surface area (Å²) in [6.45, 7) is 6.20. The molecule has 112 valence electrons. The van der Waals surface area contributed by atoms with Crippen LogP contribution in [0.25, 0.3) is 0 Å². The second kappa shape index (κ2) is 8.75. The van der Waals surface area contributed by atoms with E-state index in [4.69, 9.17) is 4.84 Å². The van der Waals surface area contributed by atoms with Crippen LogP contribution in [0.15, 0.2) is 12.1 Å². The van der Waals surface area contributed by atoms with Crippen molar-refractivity contribution >= 4 is 5.91 Å². The first-order valence-electron chi connectivity index (χ1n) is 7.74. The monoisotopic (exact) mass is 277 g/mol. The molecule has 1 aromatic carbocycles. The molecule has 2 rings (SSSR count). The number of amides is 1. The maximum Gasteiger partial charge on any atom is 0.275 e. The van der Waals surface area contributed by atoms with E-state index in [0.29, 0.717) is 0 Å². The SMILES string of the molecule is CC.CCCc1ccc(C(=O)NOC)c2c1CCCC2. The summed E-state index contributed by atoms with van der Waals surface area (Å²) in [6, 6.07) is 4.06. The van der Waals surface area contributed by atoms with Crippen LogP contribution < -0.4 is 5.48 Å². The Morgan fingerprint density at radius 1 is 1.20 bits per heavy atom. The summed E-state index contributed by atoms with van der Waals surface area (Å²) in [5, 5.41) is 0. The molecule has 3 nitrogen and oxygen atoms in total. The van der Waals surface area contributed by atoms with Gasteiger partial charge < -0.3 is 0 Å². The van der Waals surface area contributed by atoms with Crippen molar-refractivity contribution in [2.24, 2.45) is 0 Å². The molecule has 1 aliphatic carbocycles. The fourth-order valence-corrected chi connectivity index (χ4v) is 2.81. The molecule has 0 spiro atoms. The minimum atomic E-state index is -0.126. The molecule has 1 aliphatic rings. The molecule has 0 radical (unpaired) electrons. The van der Waals surface area contributed by atoms with E-state index in [1.165, 1.54) is 36.6 Å². The van der Waals surface area contributed by atoms with E-state index in [-0.39, 0.29) is 5.91 Å². The van der Waals surface area contributed by atoms with Gasteiger partial charge in [-0.05, 0) is 54.9 Å². The Morgan fingerprint density at radius 3 is 2.45 bits per heavy atom. The Kier molecular flexibility index (Phi) is 7.31. The first-order valence-corrected chi connectivity index (χ1v) is 7.74. The highest BCUT2D eigenvalue weighted by atomic mass is 16.6. The van der Waals surface area contributed by atoms with Crippen molar-refractivity contribution in [3.63, 3.8) is 0 Å². The van der Waals surface area contributed by atoms with Crippen molar-refractivity contribution in [1.82, 2.24) is 5.48 Å². The number of benzene rings is 1. The summed E-state index contributed by atoms with van der Waals surface area (Å²) >= 11 is 0. The van der Waals surface area contributed by atoms with Crippen LogP contribution in [0.4, 0.5) is 0 Å². The Hall–Kier alpha value is -1.35. The fraction of sp³-hybridized carbons (Fsp3) is 0.588. The molecule has 0 unspecified atom stereocenters. The maximum atomic E-state index is 11.9. The number of nitrogens with one attached hydrogen (secondary N) is 1. The Morgan fingerprint density at radius 2 is 1.85 bits per heavy atom. The minimum Gasteiger partial charge on any atom is -0.277 e. The predicted octanol–water partition coefficient (Wildman–Crippen LogP) is 3.84. The number of aryl methyl sites for hydroxylation is 1. The first-order chi connectivity index (χ1) is 9.77. The van der Waals surface area contributed by atoms with Gasteiger partial charge in [0.05, 0.1) is 7.11 Å². The number of hydrogen-bond donors (Lipinski definition) is 1. The summed E-state index contributed by atoms with van der Waals surface area (Å²) in [7, 11) is 1.47. The summed E-state index contributed by atoms with van der Waals surface area (Å²) in [5.41, 5.74) is 7.27. The van der Waals surface area contributed by atoms with Gasteiger partial charge in [-0.2, -0.15) is 0 Å². The second-order valence-corrected chi connectivity index (χ2v) is 4.82. The average molecular weight is 277 g/mol. The molecule has 0 fully saturated rings. The Bertz CT molecular complexity index is 441. The molecule has 1 aromatic rings. The van der Waals surface area contributed by atoms with Crippen molar-refractivity contribution in [2.75, 3.05) is 7.11 Å². The molecule has 0 atom stereocenters. The lowest BCUT2D eigenvalue weighted by molar-refractivity contribution is 0.0536. The first kappa shape index (κ1) is 16.7. The average Bonchev–Trinajstić information content (AvgIpc) is 2.50. The maximum absolute atomic E-state index is 11.9. The zero-order valence-corrected chi connectivity index (χ0v) is 13.2. The van der Waals surface area contributed by atoms with Crippen LogP contribution in [0.3, 0.4) is 0 Å². The summed E-state index contributed by atoms with van der Waals surface area (Å²) in [6.07, 6.45) is 6.79. The molecule has 1 amide bonds. The van der Waals surface area contributed by atoms with Crippen molar-refractivity contribution in [1.29, 1.82) is 0 Å². The van der Waals surface area contributed by atoms with Crippen molar-refractivity contribution in [3.8, 4) is 0 Å². The van der Waals surface area contributed by atoms with Gasteiger partial charge in [-0.15, -0.1) is 0 Å². The summed E-state index contributed by atoms with van der Waals surface area (Å²) < 4.78 is 0. The van der Waals surface area contributed by atoms with E-state index in [2.05, 4.69) is 18.5 Å². The second-order valence-electron chi connectivity index (χ2n) is 4.82. The number of carbonyl (C=O) groups excluding carboxylic acids is 1. The smallest absolute Gasteiger partial charge is 0.275 e. The van der Waals surface area contributed by atoms with E-state index < -0.39 is 0 Å². The van der Waals surface area contributed by atoms with E-state index >= 15 is 0 Å². The third kappa shape index (κ3) is 3.83. The van der Waals surface area contributed by atoms with Crippen LogP contribution in [0.1, 0.15) is 67.1 Å². The Labute approximate surface area is 122 Å². The number of carbonyl (C=O) groups is 1. The molecule has 0 heterocycles. The summed E-state index contributed by atoms with van der Waals surface area (Å²) in [5.74, 6) is -0.126. The van der Waals surface area contributed by atoms with Crippen LogP contribution in [-0.4, -0.2) is 13.0 Å². The molecule has 3 heteroatoms. The van der Waals surface area contributed by atoms with E-state index in [0.717, 1.165) is 31.2 Å². The molecule has 0 saturated heterocycles.